The van der Waals surface area contributed by atoms with Crippen LogP contribution in [0.15, 0.2) is 66.7 Å². The summed E-state index contributed by atoms with van der Waals surface area (Å²) < 4.78 is 16.6. The van der Waals surface area contributed by atoms with Crippen molar-refractivity contribution in [3.63, 3.8) is 0 Å². The Bertz CT molecular complexity index is 1420. The summed E-state index contributed by atoms with van der Waals surface area (Å²) in [6, 6.07) is 22.3. The molecular weight excluding hydrogens is 498 g/mol. The van der Waals surface area contributed by atoms with Gasteiger partial charge >= 0.3 is 0 Å². The van der Waals surface area contributed by atoms with Crippen LogP contribution in [0.4, 0.5) is 5.82 Å². The van der Waals surface area contributed by atoms with Crippen molar-refractivity contribution in [2.24, 2.45) is 0 Å². The number of carbonyl (C=O) groups excluding carboxylic acids is 1. The minimum atomic E-state index is -0.0506. The van der Waals surface area contributed by atoms with Crippen LogP contribution in [-0.2, 0) is 13.1 Å². The van der Waals surface area contributed by atoms with Gasteiger partial charge in [0.15, 0.2) is 11.5 Å². The Morgan fingerprint density at radius 1 is 0.842 bits per heavy atom. The predicted molar refractivity (Wildman–Crippen MR) is 150 cm³/mol. The molecule has 0 radical (unpaired) electrons. The van der Waals surface area contributed by atoms with E-state index in [1.165, 1.54) is 17.1 Å². The van der Waals surface area contributed by atoms with E-state index in [9.17, 15) is 4.79 Å². The average molecular weight is 530 g/mol. The molecule has 8 nitrogen and oxygen atoms in total. The highest BCUT2D eigenvalue weighted by molar-refractivity contribution is 7.13. The molecule has 2 aliphatic heterocycles. The molecule has 0 aliphatic carbocycles. The highest BCUT2D eigenvalue weighted by Crippen LogP contribution is 2.33. The van der Waals surface area contributed by atoms with Crippen LogP contribution in [0.3, 0.4) is 0 Å². The molecule has 2 aliphatic rings. The van der Waals surface area contributed by atoms with E-state index >= 15 is 0 Å². The van der Waals surface area contributed by atoms with Crippen molar-refractivity contribution in [2.45, 2.75) is 13.1 Å². The van der Waals surface area contributed by atoms with E-state index in [0.717, 1.165) is 72.2 Å². The molecule has 1 aromatic heterocycles. The molecular formula is C29H31N5O3S. The molecule has 3 heterocycles. The van der Waals surface area contributed by atoms with Gasteiger partial charge in [0.05, 0.1) is 4.70 Å². The second kappa shape index (κ2) is 11.4. The van der Waals surface area contributed by atoms with E-state index in [0.29, 0.717) is 25.4 Å². The van der Waals surface area contributed by atoms with Gasteiger partial charge in [0, 0.05) is 63.3 Å². The van der Waals surface area contributed by atoms with Crippen LogP contribution in [0.5, 0.6) is 11.5 Å². The van der Waals surface area contributed by atoms with Crippen LogP contribution in [0, 0.1) is 0 Å². The van der Waals surface area contributed by atoms with Crippen LogP contribution in [0.2, 0.25) is 0 Å². The van der Waals surface area contributed by atoms with Crippen molar-refractivity contribution in [1.29, 1.82) is 0 Å². The first-order chi connectivity index (χ1) is 18.7. The van der Waals surface area contributed by atoms with E-state index in [1.807, 2.05) is 36.4 Å². The summed E-state index contributed by atoms with van der Waals surface area (Å²) in [5, 5.41) is 7.47. The molecule has 38 heavy (non-hydrogen) atoms. The number of hydrogen-bond donors (Lipinski definition) is 2. The number of fused-ring (bicyclic) bond motifs is 2. The maximum absolute atomic E-state index is 12.8. The van der Waals surface area contributed by atoms with Gasteiger partial charge in [-0.05, 0) is 59.1 Å². The second-order valence-corrected chi connectivity index (χ2v) is 10.5. The van der Waals surface area contributed by atoms with Crippen LogP contribution in [0.1, 0.15) is 21.5 Å². The minimum Gasteiger partial charge on any atom is -0.454 e. The highest BCUT2D eigenvalue weighted by atomic mass is 32.1. The Hall–Kier alpha value is -3.66. The first-order valence-corrected chi connectivity index (χ1v) is 13.8. The van der Waals surface area contributed by atoms with Gasteiger partial charge in [0.2, 0.25) is 6.79 Å². The Morgan fingerprint density at radius 2 is 1.61 bits per heavy atom. The number of aromatic nitrogens is 1. The molecule has 2 N–H and O–H groups in total. The summed E-state index contributed by atoms with van der Waals surface area (Å²) in [5.41, 5.74) is 3.11. The van der Waals surface area contributed by atoms with Crippen molar-refractivity contribution >= 4 is 33.3 Å². The van der Waals surface area contributed by atoms with Gasteiger partial charge in [-0.2, -0.15) is 4.37 Å². The van der Waals surface area contributed by atoms with E-state index in [2.05, 4.69) is 55.1 Å². The fourth-order valence-electron chi connectivity index (χ4n) is 4.94. The number of carbonyl (C=O) groups is 1. The zero-order valence-electron chi connectivity index (χ0n) is 21.2. The highest BCUT2D eigenvalue weighted by Gasteiger charge is 2.19. The molecule has 0 unspecified atom stereocenters. The van der Waals surface area contributed by atoms with Gasteiger partial charge in [-0.25, -0.2) is 0 Å². The monoisotopic (exact) mass is 529 g/mol. The van der Waals surface area contributed by atoms with Crippen LogP contribution in [0.25, 0.3) is 10.1 Å². The topological polar surface area (TPSA) is 79.0 Å². The van der Waals surface area contributed by atoms with Crippen molar-refractivity contribution in [1.82, 2.24) is 19.5 Å². The van der Waals surface area contributed by atoms with E-state index in [1.54, 1.807) is 0 Å². The number of rotatable bonds is 9. The first-order valence-electron chi connectivity index (χ1n) is 13.0. The smallest absolute Gasteiger partial charge is 0.251 e. The maximum Gasteiger partial charge on any atom is 0.251 e. The molecule has 6 rings (SSSR count). The third-order valence-corrected chi connectivity index (χ3v) is 7.81. The molecule has 1 amide bonds. The van der Waals surface area contributed by atoms with E-state index in [-0.39, 0.29) is 5.91 Å². The number of ether oxygens (including phenoxy) is 2. The number of piperazine rings is 1. The summed E-state index contributed by atoms with van der Waals surface area (Å²) in [5.74, 6) is 2.49. The van der Waals surface area contributed by atoms with Crippen molar-refractivity contribution < 1.29 is 14.3 Å². The lowest BCUT2D eigenvalue weighted by atomic mass is 10.1. The van der Waals surface area contributed by atoms with Crippen molar-refractivity contribution in [2.75, 3.05) is 51.4 Å². The number of amides is 1. The largest absolute Gasteiger partial charge is 0.454 e. The molecule has 1 saturated heterocycles. The summed E-state index contributed by atoms with van der Waals surface area (Å²) in [6.07, 6.45) is 0. The summed E-state index contributed by atoms with van der Waals surface area (Å²) >= 11 is 1.48. The van der Waals surface area contributed by atoms with Crippen LogP contribution < -0.4 is 20.1 Å². The quantitative estimate of drug-likeness (QED) is 0.315. The summed E-state index contributed by atoms with van der Waals surface area (Å²) in [4.78, 5) is 17.7. The fraction of sp³-hybridized carbons (Fsp3) is 0.310. The second-order valence-electron chi connectivity index (χ2n) is 9.65. The Labute approximate surface area is 226 Å². The molecule has 0 spiro atoms. The lowest BCUT2D eigenvalue weighted by Crippen LogP contribution is -2.45. The summed E-state index contributed by atoms with van der Waals surface area (Å²) in [7, 11) is 0. The van der Waals surface area contributed by atoms with Gasteiger partial charge in [-0.15, -0.1) is 0 Å². The van der Waals surface area contributed by atoms with E-state index < -0.39 is 0 Å². The third kappa shape index (κ3) is 5.75. The zero-order valence-corrected chi connectivity index (χ0v) is 22.0. The van der Waals surface area contributed by atoms with Crippen LogP contribution in [-0.4, -0.2) is 66.1 Å². The lowest BCUT2D eigenvalue weighted by molar-refractivity contribution is 0.0954. The van der Waals surface area contributed by atoms with Gasteiger partial charge in [-0.1, -0.05) is 30.3 Å². The molecule has 196 valence electrons. The molecule has 4 aromatic rings. The fourth-order valence-corrected chi connectivity index (χ4v) is 5.70. The number of anilines is 1. The van der Waals surface area contributed by atoms with Gasteiger partial charge in [0.1, 0.15) is 5.82 Å². The average Bonchev–Trinajstić information content (AvgIpc) is 3.59. The standard InChI is InChI=1S/C29H31N5O3S/c35-29(31-11-10-30-28-24-6-1-2-7-27(24)38-32-28)23-5-3-4-21(16-23)18-33-12-14-34(15-13-33)19-22-8-9-25-26(17-22)37-20-36-25/h1-9,16-17H,10-15,18-20H2,(H,30,32)(H,31,35). The van der Waals surface area contributed by atoms with Gasteiger partial charge in [0.25, 0.3) is 5.91 Å². The molecule has 1 fully saturated rings. The minimum absolute atomic E-state index is 0.0506. The molecule has 0 saturated carbocycles. The van der Waals surface area contributed by atoms with Gasteiger partial charge < -0.3 is 20.1 Å². The molecule has 3 aromatic carbocycles. The number of hydrogen-bond acceptors (Lipinski definition) is 8. The Morgan fingerprint density at radius 3 is 2.45 bits per heavy atom. The molecule has 0 bridgehead atoms. The first kappa shape index (κ1) is 24.7. The van der Waals surface area contributed by atoms with Crippen LogP contribution >= 0.6 is 11.5 Å². The Balaban J connectivity index is 0.949. The number of benzene rings is 3. The third-order valence-electron chi connectivity index (χ3n) is 6.98. The molecule has 0 atom stereocenters. The summed E-state index contributed by atoms with van der Waals surface area (Å²) in [6.45, 7) is 7.23. The Kier molecular flexibility index (Phi) is 7.39. The number of nitrogens with one attached hydrogen (secondary N) is 2. The van der Waals surface area contributed by atoms with Crippen molar-refractivity contribution in [3.05, 3.63) is 83.4 Å². The maximum atomic E-state index is 12.8. The van der Waals surface area contributed by atoms with Crippen molar-refractivity contribution in [3.8, 4) is 11.5 Å². The normalized spacial score (nSPS) is 15.6. The van der Waals surface area contributed by atoms with Gasteiger partial charge in [-0.3, -0.25) is 14.6 Å². The number of nitrogens with zero attached hydrogens (tertiary/aromatic N) is 3. The zero-order chi connectivity index (χ0) is 25.7. The lowest BCUT2D eigenvalue weighted by Gasteiger charge is -2.34. The van der Waals surface area contributed by atoms with E-state index in [4.69, 9.17) is 9.47 Å². The predicted octanol–water partition coefficient (Wildman–Crippen LogP) is 4.18. The molecule has 9 heteroatoms. The SMILES string of the molecule is O=C(NCCNc1nsc2ccccc12)c1cccc(CN2CCN(Cc3ccc4c(c3)OCO4)CC2)c1.